The van der Waals surface area contributed by atoms with Crippen LogP contribution in [0.25, 0.3) is 5.76 Å². The molecule has 3 aromatic carbocycles. The first-order valence-corrected chi connectivity index (χ1v) is 12.4. The van der Waals surface area contributed by atoms with Gasteiger partial charge < -0.3 is 9.84 Å². The number of para-hydroxylation sites is 1. The van der Waals surface area contributed by atoms with Crippen LogP contribution in [-0.2, 0) is 4.79 Å². The van der Waals surface area contributed by atoms with Crippen LogP contribution >= 0.6 is 23.2 Å². The van der Waals surface area contributed by atoms with Gasteiger partial charge in [-0.1, -0.05) is 53.5 Å². The summed E-state index contributed by atoms with van der Waals surface area (Å²) in [7, 11) is 1.57. The van der Waals surface area contributed by atoms with E-state index in [4.69, 9.17) is 27.9 Å². The van der Waals surface area contributed by atoms with Gasteiger partial charge in [-0.25, -0.2) is 0 Å². The lowest BCUT2D eigenvalue weighted by Gasteiger charge is -2.42. The van der Waals surface area contributed by atoms with Crippen molar-refractivity contribution in [2.24, 2.45) is 0 Å². The van der Waals surface area contributed by atoms with Gasteiger partial charge in [0.1, 0.15) is 17.3 Å². The molecule has 2 aliphatic rings. The molecule has 1 aliphatic carbocycles. The van der Waals surface area contributed by atoms with Crippen molar-refractivity contribution < 1.29 is 14.6 Å². The summed E-state index contributed by atoms with van der Waals surface area (Å²) in [4.78, 5) is 15.2. The van der Waals surface area contributed by atoms with Gasteiger partial charge in [0, 0.05) is 39.8 Å². The lowest BCUT2D eigenvalue weighted by atomic mass is 9.73. The fourth-order valence-corrected chi connectivity index (χ4v) is 5.48. The quantitative estimate of drug-likeness (QED) is 0.349. The van der Waals surface area contributed by atoms with Gasteiger partial charge in [0.25, 0.3) is 0 Å². The molecule has 0 saturated carbocycles. The van der Waals surface area contributed by atoms with E-state index in [0.717, 1.165) is 5.70 Å². The number of nitrogens with one attached hydrogen (secondary N) is 1. The number of ether oxygens (including phenoxy) is 1. The van der Waals surface area contributed by atoms with Crippen LogP contribution in [0.5, 0.6) is 5.75 Å². The molecular formula is C29H24Cl2N2O3. The summed E-state index contributed by atoms with van der Waals surface area (Å²) in [5, 5.41) is 22.0. The van der Waals surface area contributed by atoms with Crippen molar-refractivity contribution in [1.82, 2.24) is 0 Å². The Hall–Kier alpha value is -3.54. The standard InChI is InChI=1S/C29H24Cl2N2O3/c1-36-18-15-13-17(14-16-18)28(35)27-25(19-7-2-3-8-20(19)30)26-23(11-6-12-24(26)34)33(29(27)32)22-10-5-4-9-21(22)31/h2-5,7-10,13-16,25,32,35H,6,11-12H2,1H3/b28-27+,32-29?. The van der Waals surface area contributed by atoms with E-state index in [2.05, 4.69) is 0 Å². The fourth-order valence-electron chi connectivity index (χ4n) is 5.02. The van der Waals surface area contributed by atoms with Gasteiger partial charge in [-0.3, -0.25) is 15.1 Å². The molecule has 0 radical (unpaired) electrons. The van der Waals surface area contributed by atoms with Gasteiger partial charge in [0.05, 0.1) is 17.8 Å². The molecule has 5 nitrogen and oxygen atoms in total. The Bertz CT molecular complexity index is 1430. The number of methoxy groups -OCH3 is 1. The Labute approximate surface area is 219 Å². The Morgan fingerprint density at radius 2 is 1.64 bits per heavy atom. The van der Waals surface area contributed by atoms with Crippen LogP contribution in [0.1, 0.15) is 36.3 Å². The third-order valence-corrected chi connectivity index (χ3v) is 7.35. The number of aliphatic hydroxyl groups excluding tert-OH is 1. The summed E-state index contributed by atoms with van der Waals surface area (Å²) in [6.07, 6.45) is 1.66. The third-order valence-electron chi connectivity index (χ3n) is 6.68. The first-order valence-electron chi connectivity index (χ1n) is 11.6. The number of aliphatic hydroxyl groups is 1. The number of hydrogen-bond acceptors (Lipinski definition) is 4. The maximum absolute atomic E-state index is 13.5. The average molecular weight is 519 g/mol. The van der Waals surface area contributed by atoms with Gasteiger partial charge in [0.2, 0.25) is 0 Å². The van der Waals surface area contributed by atoms with Crippen molar-refractivity contribution in [2.45, 2.75) is 25.2 Å². The number of nitrogens with zero attached hydrogens (tertiary/aromatic N) is 1. The molecule has 0 bridgehead atoms. The van der Waals surface area contributed by atoms with Crippen LogP contribution in [0.15, 0.2) is 89.6 Å². The second kappa shape index (κ2) is 9.84. The molecule has 0 saturated heterocycles. The number of Topliss-reactive ketones (excluding diaryl/α,β-unsaturated/α-hetero) is 1. The van der Waals surface area contributed by atoms with Crippen LogP contribution < -0.4 is 9.64 Å². The van der Waals surface area contributed by atoms with Crippen molar-refractivity contribution in [2.75, 3.05) is 12.0 Å². The van der Waals surface area contributed by atoms with E-state index >= 15 is 0 Å². The monoisotopic (exact) mass is 518 g/mol. The molecule has 7 heteroatoms. The minimum atomic E-state index is -0.699. The van der Waals surface area contributed by atoms with Crippen LogP contribution in [0.4, 0.5) is 5.69 Å². The molecule has 1 heterocycles. The van der Waals surface area contributed by atoms with Gasteiger partial charge in [0.15, 0.2) is 5.78 Å². The summed E-state index contributed by atoms with van der Waals surface area (Å²) >= 11 is 13.2. The van der Waals surface area contributed by atoms with Gasteiger partial charge in [-0.15, -0.1) is 0 Å². The number of halogens is 2. The lowest BCUT2D eigenvalue weighted by molar-refractivity contribution is -0.116. The minimum absolute atomic E-state index is 0.0224. The Balaban J connectivity index is 1.84. The maximum Gasteiger partial charge on any atom is 0.161 e. The highest BCUT2D eigenvalue weighted by molar-refractivity contribution is 6.35. The molecule has 182 valence electrons. The molecule has 3 aromatic rings. The highest BCUT2D eigenvalue weighted by atomic mass is 35.5. The molecule has 1 aliphatic heterocycles. The SMILES string of the molecule is COc1ccc(/C(O)=C2\C(=N)N(c3ccccc3Cl)C3=C(C(=O)CCC3)C2c2ccccc2Cl)cc1. The van der Waals surface area contributed by atoms with E-state index in [1.165, 1.54) is 0 Å². The highest BCUT2D eigenvalue weighted by Gasteiger charge is 2.44. The number of allylic oxidation sites excluding steroid dienone is 2. The van der Waals surface area contributed by atoms with E-state index in [-0.39, 0.29) is 17.4 Å². The first kappa shape index (κ1) is 24.2. The van der Waals surface area contributed by atoms with E-state index in [9.17, 15) is 15.3 Å². The average Bonchev–Trinajstić information content (AvgIpc) is 2.89. The van der Waals surface area contributed by atoms with Crippen molar-refractivity contribution in [1.29, 1.82) is 5.41 Å². The predicted octanol–water partition coefficient (Wildman–Crippen LogP) is 7.56. The Morgan fingerprint density at radius 1 is 0.972 bits per heavy atom. The molecule has 1 unspecified atom stereocenters. The second-order valence-electron chi connectivity index (χ2n) is 8.72. The number of benzene rings is 3. The lowest BCUT2D eigenvalue weighted by Crippen LogP contribution is -2.42. The highest BCUT2D eigenvalue weighted by Crippen LogP contribution is 2.50. The summed E-state index contributed by atoms with van der Waals surface area (Å²) in [5.74, 6) is -0.131. The molecule has 1 atom stereocenters. The van der Waals surface area contributed by atoms with E-state index in [0.29, 0.717) is 63.0 Å². The topological polar surface area (TPSA) is 73.6 Å². The van der Waals surface area contributed by atoms with Crippen LogP contribution in [0.2, 0.25) is 10.0 Å². The summed E-state index contributed by atoms with van der Waals surface area (Å²) < 4.78 is 5.26. The minimum Gasteiger partial charge on any atom is -0.507 e. The van der Waals surface area contributed by atoms with Crippen molar-refractivity contribution in [3.63, 3.8) is 0 Å². The zero-order valence-corrected chi connectivity index (χ0v) is 21.1. The number of ketones is 1. The Kier molecular flexibility index (Phi) is 6.61. The smallest absolute Gasteiger partial charge is 0.161 e. The number of hydrogen-bond donors (Lipinski definition) is 2. The van der Waals surface area contributed by atoms with E-state index < -0.39 is 5.92 Å². The van der Waals surface area contributed by atoms with Crippen LogP contribution in [-0.4, -0.2) is 23.8 Å². The second-order valence-corrected chi connectivity index (χ2v) is 9.53. The van der Waals surface area contributed by atoms with E-state index in [1.54, 1.807) is 48.4 Å². The zero-order valence-electron chi connectivity index (χ0n) is 19.6. The molecule has 5 rings (SSSR count). The van der Waals surface area contributed by atoms with Crippen LogP contribution in [0.3, 0.4) is 0 Å². The number of anilines is 1. The molecule has 0 amide bonds. The van der Waals surface area contributed by atoms with E-state index in [1.807, 2.05) is 36.4 Å². The van der Waals surface area contributed by atoms with Crippen LogP contribution in [0, 0.1) is 5.41 Å². The molecule has 0 spiro atoms. The van der Waals surface area contributed by atoms with Crippen molar-refractivity contribution in [3.05, 3.63) is 111 Å². The summed E-state index contributed by atoms with van der Waals surface area (Å²) in [6, 6.07) is 21.4. The molecule has 36 heavy (non-hydrogen) atoms. The maximum atomic E-state index is 13.5. The van der Waals surface area contributed by atoms with Gasteiger partial charge >= 0.3 is 0 Å². The molecule has 0 fully saturated rings. The zero-order chi connectivity index (χ0) is 25.4. The van der Waals surface area contributed by atoms with Gasteiger partial charge in [-0.2, -0.15) is 0 Å². The number of carbonyl (C=O) groups is 1. The Morgan fingerprint density at radius 3 is 2.31 bits per heavy atom. The van der Waals surface area contributed by atoms with Crippen molar-refractivity contribution in [3.8, 4) is 5.75 Å². The summed E-state index contributed by atoms with van der Waals surface area (Å²) in [6.45, 7) is 0. The van der Waals surface area contributed by atoms with Crippen molar-refractivity contribution >= 4 is 46.3 Å². The number of rotatable bonds is 4. The molecular weight excluding hydrogens is 495 g/mol. The summed E-state index contributed by atoms with van der Waals surface area (Å²) in [5.41, 5.74) is 3.31. The molecule has 2 N–H and O–H groups in total. The largest absolute Gasteiger partial charge is 0.507 e. The van der Waals surface area contributed by atoms with Gasteiger partial charge in [-0.05, 0) is 60.9 Å². The normalized spacial score (nSPS) is 19.3. The first-order chi connectivity index (χ1) is 17.4. The molecule has 0 aromatic heterocycles. The fraction of sp³-hybridized carbons (Fsp3) is 0.172. The number of carbonyl (C=O) groups excluding carboxylic acids is 1. The third kappa shape index (κ3) is 4.08. The predicted molar refractivity (Wildman–Crippen MR) is 144 cm³/mol. The number of amidine groups is 1.